The summed E-state index contributed by atoms with van der Waals surface area (Å²) in [4.78, 5) is 7.40. The fourth-order valence-electron chi connectivity index (χ4n) is 8.63. The summed E-state index contributed by atoms with van der Waals surface area (Å²) in [6.07, 6.45) is 0. The molecule has 0 saturated carbocycles. The molecule has 282 valence electrons. The van der Waals surface area contributed by atoms with Gasteiger partial charge in [-0.1, -0.05) is 140 Å². The molecule has 0 unspecified atom stereocenters. The van der Waals surface area contributed by atoms with Gasteiger partial charge in [0.1, 0.15) is 16.7 Å². The van der Waals surface area contributed by atoms with Gasteiger partial charge in [0.05, 0.1) is 0 Å². The minimum Gasteiger partial charge on any atom is -0.455 e. The van der Waals surface area contributed by atoms with E-state index in [0.29, 0.717) is 5.89 Å². The van der Waals surface area contributed by atoms with Crippen molar-refractivity contribution in [3.05, 3.63) is 206 Å². The zero-order chi connectivity index (χ0) is 39.6. The largest absolute Gasteiger partial charge is 0.455 e. The molecule has 60 heavy (non-hydrogen) atoms. The van der Waals surface area contributed by atoms with E-state index in [9.17, 15) is 0 Å². The third kappa shape index (κ3) is 5.70. The number of hydrogen-bond donors (Lipinski definition) is 0. The van der Waals surface area contributed by atoms with E-state index in [-0.39, 0.29) is 0 Å². The van der Waals surface area contributed by atoms with Gasteiger partial charge in [-0.3, -0.25) is 0 Å². The van der Waals surface area contributed by atoms with Crippen LogP contribution in [0.25, 0.3) is 98.0 Å². The SMILES string of the molecule is c1ccc(-c2ccc(N(c3ccc(-c4cccc5c4oc4ccccc45)cc3)c3ccc(-c4cc5oc(-c6ccccc6)nc5c5c4sc4ccccc45)cc3)cc2)cc1. The molecule has 0 aliphatic rings. The van der Waals surface area contributed by atoms with E-state index in [2.05, 4.69) is 169 Å². The van der Waals surface area contributed by atoms with Gasteiger partial charge in [0.25, 0.3) is 0 Å². The molecule has 4 nitrogen and oxygen atoms in total. The van der Waals surface area contributed by atoms with Crippen molar-refractivity contribution in [1.82, 2.24) is 4.98 Å². The van der Waals surface area contributed by atoms with Crippen LogP contribution >= 0.6 is 11.3 Å². The maximum Gasteiger partial charge on any atom is 0.227 e. The Balaban J connectivity index is 0.970. The van der Waals surface area contributed by atoms with Crippen LogP contribution in [0.15, 0.2) is 215 Å². The van der Waals surface area contributed by atoms with Gasteiger partial charge in [0, 0.05) is 64.7 Å². The molecule has 0 aliphatic heterocycles. The Morgan fingerprint density at radius 2 is 0.950 bits per heavy atom. The summed E-state index contributed by atoms with van der Waals surface area (Å²) < 4.78 is 15.4. The number of nitrogens with zero attached hydrogens (tertiary/aromatic N) is 2. The lowest BCUT2D eigenvalue weighted by Gasteiger charge is -2.26. The van der Waals surface area contributed by atoms with Gasteiger partial charge in [-0.2, -0.15) is 0 Å². The Labute approximate surface area is 349 Å². The first-order chi connectivity index (χ1) is 29.7. The fourth-order valence-corrected chi connectivity index (χ4v) is 9.87. The van der Waals surface area contributed by atoms with Crippen molar-refractivity contribution >= 4 is 81.6 Å². The number of furan rings is 1. The third-order valence-electron chi connectivity index (χ3n) is 11.5. The molecule has 9 aromatic carbocycles. The Hall–Kier alpha value is -7.73. The summed E-state index contributed by atoms with van der Waals surface area (Å²) in [5.74, 6) is 0.629. The van der Waals surface area contributed by atoms with Gasteiger partial charge in [0.15, 0.2) is 5.58 Å². The Kier molecular flexibility index (Phi) is 8.00. The molecule has 0 bridgehead atoms. The molecule has 3 heterocycles. The monoisotopic (exact) mass is 786 g/mol. The summed E-state index contributed by atoms with van der Waals surface area (Å²) >= 11 is 1.81. The Morgan fingerprint density at radius 3 is 1.65 bits per heavy atom. The summed E-state index contributed by atoms with van der Waals surface area (Å²) in [6, 6.07) is 72.6. The third-order valence-corrected chi connectivity index (χ3v) is 12.7. The minimum atomic E-state index is 0.629. The molecule has 0 fully saturated rings. The second-order valence-corrected chi connectivity index (χ2v) is 16.1. The van der Waals surface area contributed by atoms with Crippen LogP contribution in [-0.2, 0) is 0 Å². The van der Waals surface area contributed by atoms with Crippen LogP contribution < -0.4 is 4.90 Å². The number of aromatic nitrogens is 1. The van der Waals surface area contributed by atoms with Gasteiger partial charge in [-0.05, 0) is 89.0 Å². The number of rotatable bonds is 7. The Bertz CT molecular complexity index is 3510. The summed E-state index contributed by atoms with van der Waals surface area (Å²) in [5, 5.41) is 4.58. The number of anilines is 3. The van der Waals surface area contributed by atoms with Crippen molar-refractivity contribution in [3.8, 4) is 44.8 Å². The highest BCUT2D eigenvalue weighted by molar-refractivity contribution is 7.26. The molecule has 0 amide bonds. The van der Waals surface area contributed by atoms with Crippen LogP contribution in [0.4, 0.5) is 17.1 Å². The van der Waals surface area contributed by atoms with Gasteiger partial charge < -0.3 is 13.7 Å². The maximum absolute atomic E-state index is 6.52. The molecular weight excluding hydrogens is 753 g/mol. The predicted molar refractivity (Wildman–Crippen MR) is 251 cm³/mol. The summed E-state index contributed by atoms with van der Waals surface area (Å²) in [5.41, 5.74) is 14.4. The number of hydrogen-bond acceptors (Lipinski definition) is 5. The maximum atomic E-state index is 6.52. The molecule has 0 radical (unpaired) electrons. The van der Waals surface area contributed by atoms with Gasteiger partial charge >= 0.3 is 0 Å². The lowest BCUT2D eigenvalue weighted by Crippen LogP contribution is -2.09. The highest BCUT2D eigenvalue weighted by Crippen LogP contribution is 2.46. The first-order valence-electron chi connectivity index (χ1n) is 20.1. The number of thiophene rings is 1. The molecular formula is C55H34N2O2S. The topological polar surface area (TPSA) is 42.4 Å². The van der Waals surface area contributed by atoms with E-state index < -0.39 is 0 Å². The smallest absolute Gasteiger partial charge is 0.227 e. The lowest BCUT2D eigenvalue weighted by atomic mass is 10.00. The van der Waals surface area contributed by atoms with E-state index in [4.69, 9.17) is 13.8 Å². The van der Waals surface area contributed by atoms with E-state index in [0.717, 1.165) is 83.3 Å². The average Bonchev–Trinajstić information content (AvgIpc) is 4.04. The minimum absolute atomic E-state index is 0.629. The van der Waals surface area contributed by atoms with Crippen LogP contribution in [0, 0.1) is 0 Å². The number of fused-ring (bicyclic) bond motifs is 8. The van der Waals surface area contributed by atoms with E-state index in [1.54, 1.807) is 0 Å². The molecule has 0 spiro atoms. The standard InChI is InChI=1S/C55H34N2O2S/c1-3-12-35(13-4-1)36-22-28-40(29-23-36)57(41-30-24-37(25-31-41)43-18-11-19-45-44-16-7-9-20-48(44)58-53(43)45)42-32-26-38(27-33-42)47-34-49-52(56-55(59-49)39-14-5-2-6-15-39)51-46-17-8-10-21-50(46)60-54(47)51/h1-34H. The molecule has 12 aromatic rings. The Morgan fingerprint density at radius 1 is 0.400 bits per heavy atom. The number of para-hydroxylation sites is 2. The molecule has 5 heteroatoms. The normalized spacial score (nSPS) is 11.7. The van der Waals surface area contributed by atoms with Gasteiger partial charge in [0.2, 0.25) is 5.89 Å². The molecule has 3 aromatic heterocycles. The van der Waals surface area contributed by atoms with Crippen LogP contribution in [-0.4, -0.2) is 4.98 Å². The van der Waals surface area contributed by atoms with Crippen LogP contribution in [0.2, 0.25) is 0 Å². The zero-order valence-corrected chi connectivity index (χ0v) is 33.1. The van der Waals surface area contributed by atoms with Crippen molar-refractivity contribution in [2.24, 2.45) is 0 Å². The van der Waals surface area contributed by atoms with Crippen molar-refractivity contribution in [3.63, 3.8) is 0 Å². The summed E-state index contributed by atoms with van der Waals surface area (Å²) in [6.45, 7) is 0. The zero-order valence-electron chi connectivity index (χ0n) is 32.2. The number of oxazole rings is 1. The van der Waals surface area contributed by atoms with Crippen molar-refractivity contribution < 1.29 is 8.83 Å². The quantitative estimate of drug-likeness (QED) is 0.161. The second-order valence-electron chi connectivity index (χ2n) is 15.1. The fraction of sp³-hybridized carbons (Fsp3) is 0. The molecule has 12 rings (SSSR count). The van der Waals surface area contributed by atoms with E-state index >= 15 is 0 Å². The molecule has 0 N–H and O–H groups in total. The number of benzene rings is 9. The lowest BCUT2D eigenvalue weighted by molar-refractivity contribution is 0.620. The van der Waals surface area contributed by atoms with Crippen LogP contribution in [0.3, 0.4) is 0 Å². The average molecular weight is 787 g/mol. The predicted octanol–water partition coefficient (Wildman–Crippen LogP) is 16.2. The molecule has 0 aliphatic carbocycles. The van der Waals surface area contributed by atoms with Crippen molar-refractivity contribution in [2.75, 3.05) is 4.90 Å². The second kappa shape index (κ2) is 14.0. The molecule has 0 atom stereocenters. The van der Waals surface area contributed by atoms with Crippen molar-refractivity contribution in [1.29, 1.82) is 0 Å². The van der Waals surface area contributed by atoms with E-state index in [1.165, 1.54) is 25.9 Å². The first kappa shape index (κ1) is 34.3. The molecule has 0 saturated heterocycles. The highest BCUT2D eigenvalue weighted by atomic mass is 32.1. The highest BCUT2D eigenvalue weighted by Gasteiger charge is 2.21. The summed E-state index contributed by atoms with van der Waals surface area (Å²) in [7, 11) is 0. The van der Waals surface area contributed by atoms with Gasteiger partial charge in [-0.25, -0.2) is 4.98 Å². The first-order valence-corrected chi connectivity index (χ1v) is 20.9. The van der Waals surface area contributed by atoms with Crippen LogP contribution in [0.1, 0.15) is 0 Å². The van der Waals surface area contributed by atoms with Crippen LogP contribution in [0.5, 0.6) is 0 Å². The van der Waals surface area contributed by atoms with Crippen molar-refractivity contribution in [2.45, 2.75) is 0 Å². The van der Waals surface area contributed by atoms with Gasteiger partial charge in [-0.15, -0.1) is 11.3 Å². The van der Waals surface area contributed by atoms with E-state index in [1.807, 2.05) is 53.8 Å².